The van der Waals surface area contributed by atoms with E-state index in [1.54, 1.807) is 0 Å². The maximum atomic E-state index is 12.0. The first-order valence-electron chi connectivity index (χ1n) is 11.1. The summed E-state index contributed by atoms with van der Waals surface area (Å²) in [7, 11) is 0. The first-order chi connectivity index (χ1) is 14.3. The zero-order valence-electron chi connectivity index (χ0n) is 18.1. The lowest BCUT2D eigenvalue weighted by molar-refractivity contribution is -0.198. The molecule has 1 amide bonds. The summed E-state index contributed by atoms with van der Waals surface area (Å²) in [6, 6.07) is 1.82. The SMILES string of the molecule is CCC(=O)N[C@]1(C)CCOC2(CCN(c3cc(N)nc(N4CCCC4)n3)CC2)[C@H]1O. The molecule has 0 aromatic carbocycles. The Labute approximate surface area is 178 Å². The van der Waals surface area contributed by atoms with Crippen LogP contribution in [0.4, 0.5) is 17.6 Å². The van der Waals surface area contributed by atoms with E-state index in [9.17, 15) is 9.90 Å². The number of anilines is 3. The number of nitrogens with zero attached hydrogens (tertiary/aromatic N) is 4. The van der Waals surface area contributed by atoms with E-state index in [-0.39, 0.29) is 5.91 Å². The maximum absolute atomic E-state index is 12.0. The second kappa shape index (κ2) is 8.19. The number of rotatable bonds is 4. The lowest BCUT2D eigenvalue weighted by Crippen LogP contribution is -2.69. The van der Waals surface area contributed by atoms with Crippen molar-refractivity contribution >= 4 is 23.5 Å². The number of nitrogens with two attached hydrogens (primary N) is 1. The van der Waals surface area contributed by atoms with Crippen LogP contribution in [0, 0.1) is 0 Å². The molecule has 3 saturated heterocycles. The summed E-state index contributed by atoms with van der Waals surface area (Å²) in [4.78, 5) is 25.6. The van der Waals surface area contributed by atoms with Gasteiger partial charge in [0.15, 0.2) is 0 Å². The third-order valence-corrected chi connectivity index (χ3v) is 6.90. The van der Waals surface area contributed by atoms with Crippen molar-refractivity contribution in [2.24, 2.45) is 0 Å². The van der Waals surface area contributed by atoms with E-state index in [1.807, 2.05) is 19.9 Å². The number of ether oxygens (including phenoxy) is 1. The van der Waals surface area contributed by atoms with E-state index in [4.69, 9.17) is 15.5 Å². The second-order valence-corrected chi connectivity index (χ2v) is 9.02. The molecule has 2 atom stereocenters. The van der Waals surface area contributed by atoms with E-state index in [2.05, 4.69) is 20.1 Å². The highest BCUT2D eigenvalue weighted by molar-refractivity contribution is 5.76. The summed E-state index contributed by atoms with van der Waals surface area (Å²) >= 11 is 0. The highest BCUT2D eigenvalue weighted by atomic mass is 16.5. The monoisotopic (exact) mass is 418 g/mol. The normalized spacial score (nSPS) is 28.7. The van der Waals surface area contributed by atoms with E-state index in [0.29, 0.717) is 57.1 Å². The van der Waals surface area contributed by atoms with Gasteiger partial charge in [-0.1, -0.05) is 6.92 Å². The molecule has 1 aromatic rings. The zero-order valence-corrected chi connectivity index (χ0v) is 18.1. The van der Waals surface area contributed by atoms with Crippen LogP contribution in [-0.4, -0.2) is 71.0 Å². The Kier molecular flexibility index (Phi) is 5.76. The molecule has 0 bridgehead atoms. The predicted molar refractivity (Wildman–Crippen MR) is 115 cm³/mol. The van der Waals surface area contributed by atoms with Gasteiger partial charge < -0.3 is 30.7 Å². The highest BCUT2D eigenvalue weighted by Crippen LogP contribution is 2.40. The van der Waals surface area contributed by atoms with Crippen LogP contribution in [0.3, 0.4) is 0 Å². The molecular formula is C21H34N6O3. The van der Waals surface area contributed by atoms with Crippen LogP contribution in [-0.2, 0) is 9.53 Å². The van der Waals surface area contributed by atoms with Crippen LogP contribution in [0.2, 0.25) is 0 Å². The van der Waals surface area contributed by atoms with Crippen molar-refractivity contribution in [1.29, 1.82) is 0 Å². The lowest BCUT2D eigenvalue weighted by atomic mass is 9.73. The number of aliphatic hydroxyl groups excluding tert-OH is 1. The topological polar surface area (TPSA) is 117 Å². The second-order valence-electron chi connectivity index (χ2n) is 9.02. The molecule has 1 aromatic heterocycles. The van der Waals surface area contributed by atoms with Gasteiger partial charge in [-0.2, -0.15) is 9.97 Å². The first kappa shape index (κ1) is 21.1. The smallest absolute Gasteiger partial charge is 0.229 e. The summed E-state index contributed by atoms with van der Waals surface area (Å²) in [5.74, 6) is 1.96. The van der Waals surface area contributed by atoms with Crippen LogP contribution in [0.15, 0.2) is 6.07 Å². The molecule has 9 heteroatoms. The van der Waals surface area contributed by atoms with Crippen molar-refractivity contribution in [3.05, 3.63) is 6.07 Å². The molecular weight excluding hydrogens is 384 g/mol. The molecule has 166 valence electrons. The molecule has 3 aliphatic rings. The zero-order chi connectivity index (χ0) is 21.4. The number of carbonyl (C=O) groups is 1. The molecule has 4 N–H and O–H groups in total. The van der Waals surface area contributed by atoms with Crippen LogP contribution in [0.5, 0.6) is 0 Å². The van der Waals surface area contributed by atoms with Crippen molar-refractivity contribution in [3.8, 4) is 0 Å². The summed E-state index contributed by atoms with van der Waals surface area (Å²) in [6.07, 6.45) is 3.88. The van der Waals surface area contributed by atoms with Crippen molar-refractivity contribution < 1.29 is 14.6 Å². The fraction of sp³-hybridized carbons (Fsp3) is 0.762. The van der Waals surface area contributed by atoms with Gasteiger partial charge in [0.05, 0.1) is 11.1 Å². The Morgan fingerprint density at radius 1 is 1.23 bits per heavy atom. The van der Waals surface area contributed by atoms with Crippen molar-refractivity contribution in [3.63, 3.8) is 0 Å². The Bertz CT molecular complexity index is 776. The molecule has 0 unspecified atom stereocenters. The number of aliphatic hydroxyl groups is 1. The number of hydrogen-bond donors (Lipinski definition) is 3. The third-order valence-electron chi connectivity index (χ3n) is 6.90. The van der Waals surface area contributed by atoms with E-state index in [0.717, 1.165) is 31.7 Å². The molecule has 0 aliphatic carbocycles. The van der Waals surface area contributed by atoms with Gasteiger partial charge in [0, 0.05) is 45.3 Å². The maximum Gasteiger partial charge on any atom is 0.229 e. The van der Waals surface area contributed by atoms with Crippen LogP contribution in [0.1, 0.15) is 52.4 Å². The Morgan fingerprint density at radius 2 is 1.93 bits per heavy atom. The van der Waals surface area contributed by atoms with Gasteiger partial charge in [-0.15, -0.1) is 0 Å². The fourth-order valence-corrected chi connectivity index (χ4v) is 4.99. The summed E-state index contributed by atoms with van der Waals surface area (Å²) < 4.78 is 6.15. The average molecular weight is 419 g/mol. The average Bonchev–Trinajstić information content (AvgIpc) is 3.27. The Morgan fingerprint density at radius 3 is 2.60 bits per heavy atom. The number of carbonyl (C=O) groups excluding carboxylic acids is 1. The third kappa shape index (κ3) is 3.92. The summed E-state index contributed by atoms with van der Waals surface area (Å²) in [6.45, 7) is 7.60. The van der Waals surface area contributed by atoms with E-state index in [1.165, 1.54) is 0 Å². The summed E-state index contributed by atoms with van der Waals surface area (Å²) in [5.41, 5.74) is 4.76. The Hall–Kier alpha value is -2.13. The number of nitrogen functional groups attached to an aromatic ring is 1. The van der Waals surface area contributed by atoms with Gasteiger partial charge >= 0.3 is 0 Å². The minimum absolute atomic E-state index is 0.0445. The molecule has 3 aliphatic heterocycles. The lowest BCUT2D eigenvalue weighted by Gasteiger charge is -2.53. The van der Waals surface area contributed by atoms with Crippen molar-refractivity contribution in [2.45, 2.75) is 69.6 Å². The van der Waals surface area contributed by atoms with Crippen LogP contribution < -0.4 is 20.9 Å². The fourth-order valence-electron chi connectivity index (χ4n) is 4.99. The van der Waals surface area contributed by atoms with Crippen molar-refractivity contribution in [1.82, 2.24) is 15.3 Å². The van der Waals surface area contributed by atoms with Gasteiger partial charge in [0.1, 0.15) is 17.7 Å². The largest absolute Gasteiger partial charge is 0.388 e. The van der Waals surface area contributed by atoms with Crippen molar-refractivity contribution in [2.75, 3.05) is 48.3 Å². The molecule has 1 spiro atoms. The Balaban J connectivity index is 1.47. The van der Waals surface area contributed by atoms with E-state index >= 15 is 0 Å². The number of hydrogen-bond acceptors (Lipinski definition) is 8. The number of amides is 1. The molecule has 4 heterocycles. The van der Waals surface area contributed by atoms with Gasteiger partial charge in [0.2, 0.25) is 11.9 Å². The van der Waals surface area contributed by atoms with Gasteiger partial charge in [-0.25, -0.2) is 0 Å². The summed E-state index contributed by atoms with van der Waals surface area (Å²) in [5, 5.41) is 14.3. The van der Waals surface area contributed by atoms with Gasteiger partial charge in [-0.3, -0.25) is 4.79 Å². The van der Waals surface area contributed by atoms with Crippen LogP contribution >= 0.6 is 0 Å². The molecule has 3 fully saturated rings. The number of aromatic nitrogens is 2. The predicted octanol–water partition coefficient (Wildman–Crippen LogP) is 1.06. The minimum atomic E-state index is -0.757. The standard InChI is InChI=1S/C21H34N6O3/c1-3-17(28)25-20(2)8-13-30-21(18(20)29)6-11-26(12-7-21)16-14-15(22)23-19(24-16)27-9-4-5-10-27/h14,18,29H,3-13H2,1-2H3,(H,25,28)(H2,22,23,24)/t18-,20+/m0/s1. The molecule has 9 nitrogen and oxygen atoms in total. The van der Waals surface area contributed by atoms with Crippen LogP contribution in [0.25, 0.3) is 0 Å². The molecule has 0 saturated carbocycles. The number of nitrogens with one attached hydrogen (secondary N) is 1. The molecule has 30 heavy (non-hydrogen) atoms. The quantitative estimate of drug-likeness (QED) is 0.665. The van der Waals surface area contributed by atoms with Gasteiger partial charge in [0.25, 0.3) is 0 Å². The highest BCUT2D eigenvalue weighted by Gasteiger charge is 2.53. The minimum Gasteiger partial charge on any atom is -0.388 e. The van der Waals surface area contributed by atoms with Gasteiger partial charge in [-0.05, 0) is 39.0 Å². The molecule has 4 rings (SSSR count). The first-order valence-corrected chi connectivity index (χ1v) is 11.1. The van der Waals surface area contributed by atoms with E-state index < -0.39 is 17.2 Å². The molecule has 0 radical (unpaired) electrons. The number of piperidine rings is 1.